The van der Waals surface area contributed by atoms with Crippen LogP contribution in [0.4, 0.5) is 0 Å². The maximum Gasteiger partial charge on any atom is 0.244 e. The Bertz CT molecular complexity index is 492. The minimum absolute atomic E-state index is 0.180. The Kier molecular flexibility index (Phi) is 3.15. The van der Waals surface area contributed by atoms with Gasteiger partial charge in [-0.05, 0) is 37.4 Å². The summed E-state index contributed by atoms with van der Waals surface area (Å²) < 4.78 is 10.6. The molecule has 1 N–H and O–H groups in total. The van der Waals surface area contributed by atoms with Crippen LogP contribution in [0.15, 0.2) is 27.3 Å². The lowest BCUT2D eigenvalue weighted by Crippen LogP contribution is -2.31. The normalized spacial score (nSPS) is 24.3. The zero-order valence-corrected chi connectivity index (χ0v) is 10.4. The highest BCUT2D eigenvalue weighted by Crippen LogP contribution is 2.29. The Hall–Kier alpha value is -1.62. The highest BCUT2D eigenvalue weighted by Gasteiger charge is 2.26. The number of hydrogen-bond acceptors (Lipinski definition) is 5. The number of nitrogens with zero attached hydrogens (tertiary/aromatic N) is 2. The molecular weight excluding hydrogens is 230 g/mol. The van der Waals surface area contributed by atoms with Crippen LogP contribution in [0.1, 0.15) is 38.1 Å². The van der Waals surface area contributed by atoms with Crippen molar-refractivity contribution in [3.8, 4) is 11.6 Å². The first kappa shape index (κ1) is 11.5. The molecule has 3 heterocycles. The Morgan fingerprint density at radius 1 is 1.50 bits per heavy atom. The molecule has 3 rings (SSSR count). The van der Waals surface area contributed by atoms with E-state index < -0.39 is 0 Å². The van der Waals surface area contributed by atoms with E-state index in [1.54, 1.807) is 6.26 Å². The smallest absolute Gasteiger partial charge is 0.244 e. The molecule has 0 spiro atoms. The van der Waals surface area contributed by atoms with E-state index in [0.717, 1.165) is 18.9 Å². The van der Waals surface area contributed by atoms with Gasteiger partial charge in [-0.1, -0.05) is 18.5 Å². The first-order chi connectivity index (χ1) is 8.86. The molecule has 0 amide bonds. The van der Waals surface area contributed by atoms with Crippen molar-refractivity contribution in [3.05, 3.63) is 24.3 Å². The van der Waals surface area contributed by atoms with Crippen LogP contribution >= 0.6 is 0 Å². The van der Waals surface area contributed by atoms with Crippen molar-refractivity contribution in [3.63, 3.8) is 0 Å². The van der Waals surface area contributed by atoms with Crippen LogP contribution in [0.25, 0.3) is 11.6 Å². The predicted octanol–water partition coefficient (Wildman–Crippen LogP) is 2.78. The van der Waals surface area contributed by atoms with Crippen molar-refractivity contribution in [1.29, 1.82) is 0 Å². The second-order valence-electron chi connectivity index (χ2n) is 4.74. The second kappa shape index (κ2) is 4.94. The summed E-state index contributed by atoms with van der Waals surface area (Å²) in [5.74, 6) is 2.58. The Balaban J connectivity index is 1.77. The fourth-order valence-electron chi connectivity index (χ4n) is 2.44. The fraction of sp³-hybridized carbons (Fsp3) is 0.538. The van der Waals surface area contributed by atoms with E-state index in [-0.39, 0.29) is 6.04 Å². The topological polar surface area (TPSA) is 64.1 Å². The summed E-state index contributed by atoms with van der Waals surface area (Å²) in [6.45, 7) is 3.25. The van der Waals surface area contributed by atoms with Crippen LogP contribution in [0.3, 0.4) is 0 Å². The first-order valence-corrected chi connectivity index (χ1v) is 6.47. The monoisotopic (exact) mass is 247 g/mol. The third-order valence-electron chi connectivity index (χ3n) is 3.57. The quantitative estimate of drug-likeness (QED) is 0.903. The third-order valence-corrected chi connectivity index (χ3v) is 3.57. The van der Waals surface area contributed by atoms with Gasteiger partial charge in [-0.3, -0.25) is 0 Å². The van der Waals surface area contributed by atoms with Crippen molar-refractivity contribution in [2.24, 2.45) is 5.92 Å². The number of hydrogen-bond donors (Lipinski definition) is 1. The Morgan fingerprint density at radius 3 is 3.22 bits per heavy atom. The van der Waals surface area contributed by atoms with E-state index in [0.29, 0.717) is 17.5 Å². The Labute approximate surface area is 106 Å². The molecule has 1 fully saturated rings. The molecule has 18 heavy (non-hydrogen) atoms. The SMILES string of the molecule is CCC1CCNC(c2nc(-c3ccco3)no2)C1. The number of piperidine rings is 1. The summed E-state index contributed by atoms with van der Waals surface area (Å²) in [7, 11) is 0. The van der Waals surface area contributed by atoms with Crippen molar-refractivity contribution in [2.45, 2.75) is 32.2 Å². The summed E-state index contributed by atoms with van der Waals surface area (Å²) in [5.41, 5.74) is 0. The minimum Gasteiger partial charge on any atom is -0.461 e. The highest BCUT2D eigenvalue weighted by atomic mass is 16.5. The van der Waals surface area contributed by atoms with Gasteiger partial charge in [0.05, 0.1) is 12.3 Å². The van der Waals surface area contributed by atoms with Gasteiger partial charge in [0.25, 0.3) is 0 Å². The number of nitrogens with one attached hydrogen (secondary N) is 1. The van der Waals surface area contributed by atoms with Gasteiger partial charge in [-0.25, -0.2) is 0 Å². The summed E-state index contributed by atoms with van der Waals surface area (Å²) in [4.78, 5) is 4.41. The van der Waals surface area contributed by atoms with Crippen molar-refractivity contribution >= 4 is 0 Å². The van der Waals surface area contributed by atoms with Crippen molar-refractivity contribution < 1.29 is 8.94 Å². The molecule has 5 heteroatoms. The number of rotatable bonds is 3. The molecule has 0 aromatic carbocycles. The standard InChI is InChI=1S/C13H17N3O2/c1-2-9-5-6-14-10(8-9)13-15-12(16-18-13)11-4-3-7-17-11/h3-4,7,9-10,14H,2,5-6,8H2,1H3. The zero-order valence-electron chi connectivity index (χ0n) is 10.4. The van der Waals surface area contributed by atoms with Crippen molar-refractivity contribution in [1.82, 2.24) is 15.5 Å². The number of aromatic nitrogens is 2. The van der Waals surface area contributed by atoms with Crippen LogP contribution in [0.2, 0.25) is 0 Å². The van der Waals surface area contributed by atoms with Gasteiger partial charge in [0.1, 0.15) is 0 Å². The van der Waals surface area contributed by atoms with Gasteiger partial charge < -0.3 is 14.3 Å². The van der Waals surface area contributed by atoms with Crippen LogP contribution in [0, 0.1) is 5.92 Å². The summed E-state index contributed by atoms with van der Waals surface area (Å²) >= 11 is 0. The van der Waals surface area contributed by atoms with Crippen molar-refractivity contribution in [2.75, 3.05) is 6.54 Å². The van der Waals surface area contributed by atoms with E-state index in [2.05, 4.69) is 22.4 Å². The van der Waals surface area contributed by atoms with Gasteiger partial charge in [0.2, 0.25) is 11.7 Å². The molecule has 2 aromatic heterocycles. The lowest BCUT2D eigenvalue weighted by molar-refractivity contribution is 0.246. The molecule has 0 aliphatic carbocycles. The molecule has 2 atom stereocenters. The average molecular weight is 247 g/mol. The minimum atomic E-state index is 0.180. The Morgan fingerprint density at radius 2 is 2.44 bits per heavy atom. The molecule has 1 aliphatic heterocycles. The highest BCUT2D eigenvalue weighted by molar-refractivity contribution is 5.44. The molecule has 0 bridgehead atoms. The maximum absolute atomic E-state index is 5.34. The summed E-state index contributed by atoms with van der Waals surface area (Å²) in [5, 5.41) is 7.40. The molecule has 2 aromatic rings. The lowest BCUT2D eigenvalue weighted by Gasteiger charge is -2.27. The van der Waals surface area contributed by atoms with Gasteiger partial charge in [0.15, 0.2) is 5.76 Å². The molecular formula is C13H17N3O2. The molecule has 1 saturated heterocycles. The van der Waals surface area contributed by atoms with Gasteiger partial charge in [0, 0.05) is 0 Å². The van der Waals surface area contributed by atoms with Gasteiger partial charge in [-0.15, -0.1) is 0 Å². The van der Waals surface area contributed by atoms with Gasteiger partial charge >= 0.3 is 0 Å². The molecule has 1 aliphatic rings. The maximum atomic E-state index is 5.34. The first-order valence-electron chi connectivity index (χ1n) is 6.47. The molecule has 96 valence electrons. The van der Waals surface area contributed by atoms with Gasteiger partial charge in [-0.2, -0.15) is 4.98 Å². The van der Waals surface area contributed by atoms with Crippen LogP contribution in [0.5, 0.6) is 0 Å². The third kappa shape index (κ3) is 2.18. The van der Waals surface area contributed by atoms with Crippen LogP contribution in [-0.2, 0) is 0 Å². The predicted molar refractivity (Wildman–Crippen MR) is 65.8 cm³/mol. The molecule has 5 nitrogen and oxygen atoms in total. The van der Waals surface area contributed by atoms with E-state index in [4.69, 9.17) is 8.94 Å². The van der Waals surface area contributed by atoms with E-state index in [1.165, 1.54) is 12.8 Å². The van der Waals surface area contributed by atoms with Crippen LogP contribution < -0.4 is 5.32 Å². The summed E-state index contributed by atoms with van der Waals surface area (Å²) in [6.07, 6.45) is 5.11. The summed E-state index contributed by atoms with van der Waals surface area (Å²) in [6, 6.07) is 3.83. The van der Waals surface area contributed by atoms with E-state index >= 15 is 0 Å². The average Bonchev–Trinajstić information content (AvgIpc) is 3.09. The molecule has 2 unspecified atom stereocenters. The fourth-order valence-corrected chi connectivity index (χ4v) is 2.44. The zero-order chi connectivity index (χ0) is 12.4. The largest absolute Gasteiger partial charge is 0.461 e. The lowest BCUT2D eigenvalue weighted by atomic mass is 9.90. The van der Waals surface area contributed by atoms with E-state index in [9.17, 15) is 0 Å². The van der Waals surface area contributed by atoms with Crippen LogP contribution in [-0.4, -0.2) is 16.7 Å². The second-order valence-corrected chi connectivity index (χ2v) is 4.74. The van der Waals surface area contributed by atoms with E-state index in [1.807, 2.05) is 12.1 Å². The molecule has 0 saturated carbocycles. The number of furan rings is 1. The molecule has 0 radical (unpaired) electrons.